The first-order chi connectivity index (χ1) is 9.66. The Bertz CT molecular complexity index is 639. The first-order valence-electron chi connectivity index (χ1n) is 6.66. The van der Waals surface area contributed by atoms with Crippen molar-refractivity contribution < 1.29 is 18.3 Å². The molecule has 21 heavy (non-hydrogen) atoms. The fourth-order valence-electron chi connectivity index (χ4n) is 2.80. The maximum Gasteiger partial charge on any atom is 0.322 e. The Morgan fingerprint density at radius 1 is 1.33 bits per heavy atom. The summed E-state index contributed by atoms with van der Waals surface area (Å²) in [4.78, 5) is 11.7. The van der Waals surface area contributed by atoms with Crippen molar-refractivity contribution in [2.45, 2.75) is 37.6 Å². The van der Waals surface area contributed by atoms with Crippen LogP contribution in [0.3, 0.4) is 0 Å². The molecule has 1 aromatic rings. The maximum absolute atomic E-state index is 12.7. The van der Waals surface area contributed by atoms with Gasteiger partial charge in [-0.15, -0.1) is 0 Å². The predicted molar refractivity (Wildman–Crippen MR) is 82.5 cm³/mol. The molecule has 2 rings (SSSR count). The molecule has 1 aromatic carbocycles. The smallest absolute Gasteiger partial charge is 0.322 e. The van der Waals surface area contributed by atoms with Gasteiger partial charge in [-0.05, 0) is 42.5 Å². The SMILES string of the molecule is CC1(C)CCCN(S(=O)(=O)c2ccc(Br)cc2)C1C(=O)O. The molecular weight excluding hydrogens is 358 g/mol. The molecule has 0 bridgehead atoms. The lowest BCUT2D eigenvalue weighted by molar-refractivity contribution is -0.147. The minimum Gasteiger partial charge on any atom is -0.480 e. The van der Waals surface area contributed by atoms with Crippen LogP contribution in [0.4, 0.5) is 0 Å². The number of halogens is 1. The third-order valence-electron chi connectivity index (χ3n) is 3.88. The van der Waals surface area contributed by atoms with Gasteiger partial charge < -0.3 is 5.11 Å². The van der Waals surface area contributed by atoms with Gasteiger partial charge in [0, 0.05) is 11.0 Å². The number of piperidine rings is 1. The average Bonchev–Trinajstić information content (AvgIpc) is 2.37. The summed E-state index contributed by atoms with van der Waals surface area (Å²) in [6.45, 7) is 3.84. The quantitative estimate of drug-likeness (QED) is 0.880. The molecule has 0 spiro atoms. The summed E-state index contributed by atoms with van der Waals surface area (Å²) in [6, 6.07) is 5.20. The Hall–Kier alpha value is -0.920. The molecule has 1 saturated heterocycles. The molecule has 116 valence electrons. The van der Waals surface area contributed by atoms with Crippen molar-refractivity contribution in [1.29, 1.82) is 0 Å². The van der Waals surface area contributed by atoms with E-state index in [0.717, 1.165) is 8.78 Å². The zero-order valence-corrected chi connectivity index (χ0v) is 14.3. The second-order valence-corrected chi connectivity index (χ2v) is 8.71. The third kappa shape index (κ3) is 3.14. The van der Waals surface area contributed by atoms with Crippen molar-refractivity contribution in [3.63, 3.8) is 0 Å². The molecule has 1 aliphatic heterocycles. The van der Waals surface area contributed by atoms with E-state index in [1.807, 2.05) is 0 Å². The number of benzene rings is 1. The Balaban J connectivity index is 2.46. The van der Waals surface area contributed by atoms with Crippen molar-refractivity contribution in [2.75, 3.05) is 6.54 Å². The van der Waals surface area contributed by atoms with Crippen LogP contribution in [0.5, 0.6) is 0 Å². The number of nitrogens with zero attached hydrogens (tertiary/aromatic N) is 1. The molecule has 1 heterocycles. The predicted octanol–water partition coefficient (Wildman–Crippen LogP) is 2.71. The molecule has 1 aliphatic rings. The van der Waals surface area contributed by atoms with Crippen LogP contribution in [0.15, 0.2) is 33.6 Å². The molecule has 0 saturated carbocycles. The van der Waals surface area contributed by atoms with Crippen LogP contribution in [0.2, 0.25) is 0 Å². The number of hydrogen-bond acceptors (Lipinski definition) is 3. The first kappa shape index (κ1) is 16.5. The zero-order chi connectivity index (χ0) is 15.8. The van der Waals surface area contributed by atoms with E-state index in [9.17, 15) is 18.3 Å². The van der Waals surface area contributed by atoms with Gasteiger partial charge in [0.1, 0.15) is 6.04 Å². The highest BCUT2D eigenvalue weighted by atomic mass is 79.9. The molecule has 7 heteroatoms. The van der Waals surface area contributed by atoms with Crippen molar-refractivity contribution in [3.8, 4) is 0 Å². The normalized spacial score (nSPS) is 22.9. The van der Waals surface area contributed by atoms with E-state index >= 15 is 0 Å². The Morgan fingerprint density at radius 3 is 2.43 bits per heavy atom. The average molecular weight is 376 g/mol. The van der Waals surface area contributed by atoms with Crippen molar-refractivity contribution in [1.82, 2.24) is 4.31 Å². The van der Waals surface area contributed by atoms with Crippen LogP contribution in [-0.4, -0.2) is 36.4 Å². The third-order valence-corrected chi connectivity index (χ3v) is 6.29. The second-order valence-electron chi connectivity index (χ2n) is 5.90. The van der Waals surface area contributed by atoms with Crippen molar-refractivity contribution >= 4 is 31.9 Å². The van der Waals surface area contributed by atoms with Gasteiger partial charge >= 0.3 is 5.97 Å². The molecule has 1 fully saturated rings. The fourth-order valence-corrected chi connectivity index (χ4v) is 4.84. The molecule has 0 aromatic heterocycles. The van der Waals surface area contributed by atoms with Crippen LogP contribution < -0.4 is 0 Å². The Labute approximate surface area is 133 Å². The maximum atomic E-state index is 12.7. The van der Waals surface area contributed by atoms with E-state index < -0.39 is 27.4 Å². The van der Waals surface area contributed by atoms with Crippen LogP contribution in [-0.2, 0) is 14.8 Å². The lowest BCUT2D eigenvalue weighted by atomic mass is 9.77. The van der Waals surface area contributed by atoms with Gasteiger partial charge in [-0.1, -0.05) is 29.8 Å². The molecule has 5 nitrogen and oxygen atoms in total. The summed E-state index contributed by atoms with van der Waals surface area (Å²) in [5.41, 5.74) is -0.591. The summed E-state index contributed by atoms with van der Waals surface area (Å²) in [6.07, 6.45) is 1.35. The first-order valence-corrected chi connectivity index (χ1v) is 8.90. The van der Waals surface area contributed by atoms with E-state index in [4.69, 9.17) is 0 Å². The Morgan fingerprint density at radius 2 is 1.90 bits per heavy atom. The lowest BCUT2D eigenvalue weighted by Gasteiger charge is -2.42. The van der Waals surface area contributed by atoms with Gasteiger partial charge in [0.05, 0.1) is 4.90 Å². The highest BCUT2D eigenvalue weighted by Crippen LogP contribution is 2.38. The number of hydrogen-bond donors (Lipinski definition) is 1. The zero-order valence-electron chi connectivity index (χ0n) is 11.9. The second kappa shape index (κ2) is 5.70. The minimum absolute atomic E-state index is 0.120. The van der Waals surface area contributed by atoms with Gasteiger partial charge in [0.15, 0.2) is 0 Å². The van der Waals surface area contributed by atoms with Gasteiger partial charge in [0.2, 0.25) is 10.0 Å². The molecule has 0 radical (unpaired) electrons. The van der Waals surface area contributed by atoms with Crippen LogP contribution >= 0.6 is 15.9 Å². The summed E-state index contributed by atoms with van der Waals surface area (Å²) in [5.74, 6) is -1.10. The van der Waals surface area contributed by atoms with E-state index in [1.165, 1.54) is 12.1 Å². The summed E-state index contributed by atoms with van der Waals surface area (Å²) in [7, 11) is -3.81. The fraction of sp³-hybridized carbons (Fsp3) is 0.500. The summed E-state index contributed by atoms with van der Waals surface area (Å²) >= 11 is 3.26. The highest BCUT2D eigenvalue weighted by molar-refractivity contribution is 9.10. The standard InChI is InChI=1S/C14H18BrNO4S/c1-14(2)8-3-9-16(12(14)13(17)18)21(19,20)11-6-4-10(15)5-7-11/h4-7,12H,3,8-9H2,1-2H3,(H,17,18). The molecule has 1 N–H and O–H groups in total. The van der Waals surface area contributed by atoms with Crippen molar-refractivity contribution in [3.05, 3.63) is 28.7 Å². The lowest BCUT2D eigenvalue weighted by Crippen LogP contribution is -2.56. The number of rotatable bonds is 3. The van der Waals surface area contributed by atoms with E-state index in [1.54, 1.807) is 26.0 Å². The number of carboxylic acids is 1. The molecule has 0 aliphatic carbocycles. The minimum atomic E-state index is -3.81. The summed E-state index contributed by atoms with van der Waals surface area (Å²) in [5, 5.41) is 9.49. The topological polar surface area (TPSA) is 74.7 Å². The number of aliphatic carboxylic acids is 1. The number of carbonyl (C=O) groups is 1. The molecule has 1 unspecified atom stereocenters. The van der Waals surface area contributed by atoms with E-state index in [-0.39, 0.29) is 11.4 Å². The van der Waals surface area contributed by atoms with Crippen LogP contribution in [0.1, 0.15) is 26.7 Å². The van der Waals surface area contributed by atoms with Crippen molar-refractivity contribution in [2.24, 2.45) is 5.41 Å². The van der Waals surface area contributed by atoms with Gasteiger partial charge in [0.25, 0.3) is 0 Å². The van der Waals surface area contributed by atoms with Crippen LogP contribution in [0.25, 0.3) is 0 Å². The largest absolute Gasteiger partial charge is 0.480 e. The van der Waals surface area contributed by atoms with Crippen LogP contribution in [0, 0.1) is 5.41 Å². The molecule has 1 atom stereocenters. The summed E-state index contributed by atoms with van der Waals surface area (Å²) < 4.78 is 27.4. The van der Waals surface area contributed by atoms with E-state index in [2.05, 4.69) is 15.9 Å². The molecular formula is C14H18BrNO4S. The highest BCUT2D eigenvalue weighted by Gasteiger charge is 2.47. The van der Waals surface area contributed by atoms with Gasteiger partial charge in [-0.3, -0.25) is 4.79 Å². The Kier molecular flexibility index (Phi) is 4.46. The number of sulfonamides is 1. The van der Waals surface area contributed by atoms with Gasteiger partial charge in [-0.25, -0.2) is 8.42 Å². The van der Waals surface area contributed by atoms with Gasteiger partial charge in [-0.2, -0.15) is 4.31 Å². The molecule has 0 amide bonds. The number of carboxylic acid groups (broad SMARTS) is 1. The van der Waals surface area contributed by atoms with E-state index in [0.29, 0.717) is 12.8 Å². The monoisotopic (exact) mass is 375 g/mol.